The molecule has 0 aliphatic carbocycles. The molecule has 1 fully saturated rings. The van der Waals surface area contributed by atoms with Gasteiger partial charge in [0.25, 0.3) is 11.5 Å². The molecule has 3 amide bonds. The summed E-state index contributed by atoms with van der Waals surface area (Å²) < 4.78 is 0. The predicted molar refractivity (Wildman–Crippen MR) is 97.1 cm³/mol. The normalized spacial score (nSPS) is 17.0. The zero-order valence-electron chi connectivity index (χ0n) is 14.0. The fourth-order valence-corrected chi connectivity index (χ4v) is 3.15. The Morgan fingerprint density at radius 1 is 1.04 bits per heavy atom. The maximum absolute atomic E-state index is 12.2. The predicted octanol–water partition coefficient (Wildman–Crippen LogP) is 1.96. The molecule has 0 bridgehead atoms. The fraction of sp³-hybridized carbons (Fsp3) is 0.158. The lowest BCUT2D eigenvalue weighted by molar-refractivity contribution is -0.117. The number of H-pyrrole nitrogens is 1. The largest absolute Gasteiger partial charge is 0.329 e. The first-order valence-electron chi connectivity index (χ1n) is 8.24. The average Bonchev–Trinajstić information content (AvgIpc) is 2.90. The van der Waals surface area contributed by atoms with Crippen molar-refractivity contribution in [3.05, 3.63) is 70.1 Å². The van der Waals surface area contributed by atoms with E-state index in [4.69, 9.17) is 0 Å². The number of nitrogens with one attached hydrogen (secondary N) is 2. The van der Waals surface area contributed by atoms with E-state index in [2.05, 4.69) is 15.5 Å². The number of benzene rings is 2. The van der Waals surface area contributed by atoms with Crippen molar-refractivity contribution < 1.29 is 9.59 Å². The van der Waals surface area contributed by atoms with Crippen LogP contribution in [0.25, 0.3) is 10.8 Å². The summed E-state index contributed by atoms with van der Waals surface area (Å²) in [5.41, 5.74) is 1.89. The first kappa shape index (κ1) is 16.0. The molecule has 1 aromatic heterocycles. The number of hydrogen-bond donors (Lipinski definition) is 2. The number of aromatic amines is 1. The molecule has 2 heterocycles. The first-order chi connectivity index (χ1) is 12.5. The highest BCUT2D eigenvalue weighted by molar-refractivity contribution is 6.21. The summed E-state index contributed by atoms with van der Waals surface area (Å²) in [4.78, 5) is 37.3. The Balaban J connectivity index is 1.71. The summed E-state index contributed by atoms with van der Waals surface area (Å²) >= 11 is 0. The van der Waals surface area contributed by atoms with Crippen LogP contribution in [0.15, 0.2) is 53.3 Å². The molecule has 1 aliphatic heterocycles. The Labute approximate surface area is 148 Å². The van der Waals surface area contributed by atoms with Gasteiger partial charge in [-0.05, 0) is 30.7 Å². The number of carbonyl (C=O) groups excluding carboxylic acids is 2. The van der Waals surface area contributed by atoms with Crippen LogP contribution in [0.1, 0.15) is 18.2 Å². The molecule has 130 valence electrons. The Morgan fingerprint density at radius 3 is 2.54 bits per heavy atom. The van der Waals surface area contributed by atoms with Crippen LogP contribution in [-0.2, 0) is 11.2 Å². The molecule has 4 rings (SSSR count). The van der Waals surface area contributed by atoms with Gasteiger partial charge in [-0.1, -0.05) is 30.3 Å². The molecule has 26 heavy (non-hydrogen) atoms. The van der Waals surface area contributed by atoms with Crippen molar-refractivity contribution in [1.29, 1.82) is 0 Å². The highest BCUT2D eigenvalue weighted by Gasteiger charge is 2.36. The minimum absolute atomic E-state index is 0.230. The van der Waals surface area contributed by atoms with E-state index in [9.17, 15) is 14.4 Å². The van der Waals surface area contributed by atoms with E-state index in [1.54, 1.807) is 37.3 Å². The molecule has 0 saturated carbocycles. The lowest BCUT2D eigenvalue weighted by Gasteiger charge is -2.14. The number of amides is 3. The average molecular weight is 348 g/mol. The minimum atomic E-state index is -0.532. The lowest BCUT2D eigenvalue weighted by Crippen LogP contribution is -2.30. The number of carbonyl (C=O) groups is 2. The minimum Gasteiger partial charge on any atom is -0.326 e. The standard InChI is InChI=1S/C19H16N4O3/c1-11-18(25)23(19(26)20-11)13-6-4-5-12(9-13)10-16-14-7-2-3-8-15(14)17(24)22-21-16/h2-9,11H,10H2,1H3,(H,20,26)(H,22,24). The lowest BCUT2D eigenvalue weighted by atomic mass is 10.0. The van der Waals surface area contributed by atoms with Crippen LogP contribution in [0.2, 0.25) is 0 Å². The van der Waals surface area contributed by atoms with Gasteiger partial charge in [-0.2, -0.15) is 5.10 Å². The van der Waals surface area contributed by atoms with Crippen LogP contribution in [0.3, 0.4) is 0 Å². The van der Waals surface area contributed by atoms with Crippen LogP contribution in [-0.4, -0.2) is 28.2 Å². The van der Waals surface area contributed by atoms with Crippen molar-refractivity contribution in [2.45, 2.75) is 19.4 Å². The zero-order chi connectivity index (χ0) is 18.3. The van der Waals surface area contributed by atoms with E-state index >= 15 is 0 Å². The topological polar surface area (TPSA) is 95.2 Å². The van der Waals surface area contributed by atoms with Crippen molar-refractivity contribution in [3.8, 4) is 0 Å². The summed E-state index contributed by atoms with van der Waals surface area (Å²) in [5.74, 6) is -0.278. The molecule has 3 aromatic rings. The number of anilines is 1. The van der Waals surface area contributed by atoms with Crippen LogP contribution >= 0.6 is 0 Å². The van der Waals surface area contributed by atoms with Gasteiger partial charge >= 0.3 is 6.03 Å². The number of aromatic nitrogens is 2. The molecule has 0 spiro atoms. The van der Waals surface area contributed by atoms with Crippen molar-refractivity contribution >= 4 is 28.4 Å². The molecule has 1 saturated heterocycles. The summed E-state index contributed by atoms with van der Waals surface area (Å²) in [6, 6.07) is 13.5. The van der Waals surface area contributed by atoms with Gasteiger partial charge in [0.2, 0.25) is 0 Å². The van der Waals surface area contributed by atoms with Crippen LogP contribution in [0, 0.1) is 0 Å². The number of fused-ring (bicyclic) bond motifs is 1. The molecule has 2 aromatic carbocycles. The van der Waals surface area contributed by atoms with Crippen LogP contribution in [0.5, 0.6) is 0 Å². The SMILES string of the molecule is CC1NC(=O)N(c2cccc(Cc3n[nH]c(=O)c4ccccc34)c2)C1=O. The molecule has 1 aliphatic rings. The number of imide groups is 1. The molecule has 7 nitrogen and oxygen atoms in total. The Bertz CT molecular complexity index is 1090. The van der Waals surface area contributed by atoms with Gasteiger partial charge in [0.1, 0.15) is 6.04 Å². The fourth-order valence-electron chi connectivity index (χ4n) is 3.15. The molecular weight excluding hydrogens is 332 g/mol. The number of rotatable bonds is 3. The van der Waals surface area contributed by atoms with E-state index in [0.29, 0.717) is 17.5 Å². The molecule has 1 unspecified atom stereocenters. The van der Waals surface area contributed by atoms with Gasteiger partial charge in [-0.15, -0.1) is 0 Å². The third kappa shape index (κ3) is 2.63. The molecule has 0 radical (unpaired) electrons. The van der Waals surface area contributed by atoms with E-state index in [0.717, 1.165) is 21.5 Å². The Hall–Kier alpha value is -3.48. The highest BCUT2D eigenvalue weighted by atomic mass is 16.2. The summed E-state index contributed by atoms with van der Waals surface area (Å²) in [7, 11) is 0. The Morgan fingerprint density at radius 2 is 1.81 bits per heavy atom. The molecule has 1 atom stereocenters. The number of urea groups is 1. The molecular formula is C19H16N4O3. The van der Waals surface area contributed by atoms with Gasteiger partial charge in [0.15, 0.2) is 0 Å². The number of hydrogen-bond acceptors (Lipinski definition) is 4. The van der Waals surface area contributed by atoms with Gasteiger partial charge in [-0.3, -0.25) is 9.59 Å². The molecule has 7 heteroatoms. The van der Waals surface area contributed by atoms with Gasteiger partial charge in [0, 0.05) is 11.8 Å². The van der Waals surface area contributed by atoms with E-state index < -0.39 is 12.1 Å². The third-order valence-electron chi connectivity index (χ3n) is 4.45. The van der Waals surface area contributed by atoms with Crippen LogP contribution < -0.4 is 15.8 Å². The zero-order valence-corrected chi connectivity index (χ0v) is 14.0. The second kappa shape index (κ2) is 6.11. The highest BCUT2D eigenvalue weighted by Crippen LogP contribution is 2.23. The van der Waals surface area contributed by atoms with Crippen molar-refractivity contribution in [2.24, 2.45) is 0 Å². The number of nitrogens with zero attached hydrogens (tertiary/aromatic N) is 2. The van der Waals surface area contributed by atoms with Crippen molar-refractivity contribution in [3.63, 3.8) is 0 Å². The smallest absolute Gasteiger partial charge is 0.326 e. The first-order valence-corrected chi connectivity index (χ1v) is 8.24. The van der Waals surface area contributed by atoms with Crippen molar-refractivity contribution in [1.82, 2.24) is 15.5 Å². The maximum atomic E-state index is 12.2. The molecule has 2 N–H and O–H groups in total. The Kier molecular flexibility index (Phi) is 3.76. The summed E-state index contributed by atoms with van der Waals surface area (Å²) in [5, 5.41) is 10.7. The van der Waals surface area contributed by atoms with E-state index in [1.165, 1.54) is 0 Å². The maximum Gasteiger partial charge on any atom is 0.329 e. The second-order valence-corrected chi connectivity index (χ2v) is 6.24. The summed E-state index contributed by atoms with van der Waals surface area (Å²) in [6.45, 7) is 1.65. The van der Waals surface area contributed by atoms with Gasteiger partial charge in [0.05, 0.1) is 16.8 Å². The monoisotopic (exact) mass is 348 g/mol. The van der Waals surface area contributed by atoms with Gasteiger partial charge < -0.3 is 5.32 Å². The summed E-state index contributed by atoms with van der Waals surface area (Å²) in [6.07, 6.45) is 0.463. The van der Waals surface area contributed by atoms with E-state index in [1.807, 2.05) is 18.2 Å². The van der Waals surface area contributed by atoms with Crippen molar-refractivity contribution in [2.75, 3.05) is 4.90 Å². The quantitative estimate of drug-likeness (QED) is 0.707. The third-order valence-corrected chi connectivity index (χ3v) is 4.45. The van der Waals surface area contributed by atoms with Crippen LogP contribution in [0.4, 0.5) is 10.5 Å². The van der Waals surface area contributed by atoms with Gasteiger partial charge in [-0.25, -0.2) is 14.8 Å². The van der Waals surface area contributed by atoms with E-state index in [-0.39, 0.29) is 11.5 Å². The second-order valence-electron chi connectivity index (χ2n) is 6.24.